The lowest BCUT2D eigenvalue weighted by atomic mass is 9.87. The lowest BCUT2D eigenvalue weighted by molar-refractivity contribution is -0.137. The van der Waals surface area contributed by atoms with Crippen molar-refractivity contribution in [3.05, 3.63) is 24.8 Å². The highest BCUT2D eigenvalue weighted by atomic mass is 32.2. The van der Waals surface area contributed by atoms with Crippen LogP contribution in [0.4, 0.5) is 5.82 Å². The number of hydrogen-bond acceptors (Lipinski definition) is 18. The number of allylic oxidation sites excluding steroid dienone is 2. The quantitative estimate of drug-likeness (QED) is 0.0260. The summed E-state index contributed by atoms with van der Waals surface area (Å²) in [6, 6.07) is 0. The van der Waals surface area contributed by atoms with E-state index in [0.29, 0.717) is 12.2 Å². The fourth-order valence-corrected chi connectivity index (χ4v) is 10.2. The number of carbonyl (C=O) groups is 3. The number of ether oxygens (including phenoxy) is 1. The fraction of sp³-hybridized carbons (Fsp3) is 0.744. The Kier molecular flexibility index (Phi) is 25.2. The molecule has 1 aliphatic heterocycles. The van der Waals surface area contributed by atoms with Crippen LogP contribution in [0.3, 0.4) is 0 Å². The average molecular weight is 1030 g/mol. The standard InChI is InChI=1S/C39H68N7O17P3S/c1-4-5-6-7-8-9-10-11-12-13-14-15-16-17-18-19-30(48)67-23-22-41-29(47)20-21-42-37(51)34(50)39(2,3)25-60-66(57,58)63-65(55,56)59-24-28-33(62-64(52,53)54)32(49)38(61-28)46-27-45-31-35(40)43-26-44-36(31)46/h7-8,26-28,32-34,38,49-50H,4-6,9-25H2,1-3H3,(H,41,47)(H,42,51)(H,55,56)(H,57,58)(H2,40,43,44)(H2,52,53,54)/b8-7-/t28-,32-,33-,34+,38-/m1/s1. The van der Waals surface area contributed by atoms with Crippen molar-refractivity contribution in [2.24, 2.45) is 5.41 Å². The van der Waals surface area contributed by atoms with Gasteiger partial charge in [0.2, 0.25) is 11.8 Å². The minimum atomic E-state index is -5.57. The zero-order valence-corrected chi connectivity index (χ0v) is 41.6. The molecule has 3 rings (SSSR count). The SMILES string of the molecule is CCCC/C=C\CCCCCCCCCCCC(=O)SCCNC(=O)CCNC(=O)[C@H](O)C(C)(C)COP(=O)(O)OP(=O)(O)OC[C@H]1O[C@@H](n2cnc3c(N)ncnc32)[C@H](O)[C@@H]1OP(=O)(O)O. The number of aliphatic hydroxyl groups is 2. The first kappa shape index (κ1) is 58.6. The maximum absolute atomic E-state index is 12.7. The van der Waals surface area contributed by atoms with Crippen molar-refractivity contribution in [3.8, 4) is 0 Å². The first-order valence-electron chi connectivity index (χ1n) is 22.3. The Morgan fingerprint density at radius 2 is 1.52 bits per heavy atom. The number of amides is 2. The van der Waals surface area contributed by atoms with Crippen LogP contribution in [0.2, 0.25) is 0 Å². The summed E-state index contributed by atoms with van der Waals surface area (Å²) in [4.78, 5) is 88.4. The van der Waals surface area contributed by atoms with Crippen LogP contribution in [0.5, 0.6) is 0 Å². The van der Waals surface area contributed by atoms with Gasteiger partial charge in [-0.05, 0) is 25.7 Å². The molecule has 0 aliphatic carbocycles. The summed E-state index contributed by atoms with van der Waals surface area (Å²) in [6.45, 7) is 2.78. The number of unbranched alkanes of at least 4 members (excludes halogenated alkanes) is 11. The van der Waals surface area contributed by atoms with Crippen molar-refractivity contribution in [2.75, 3.05) is 37.8 Å². The molecule has 10 N–H and O–H groups in total. The normalized spacial score (nSPS) is 20.2. The van der Waals surface area contributed by atoms with Crippen LogP contribution in [0, 0.1) is 5.41 Å². The molecule has 0 spiro atoms. The number of carbonyl (C=O) groups excluding carboxylic acids is 3. The molecule has 67 heavy (non-hydrogen) atoms. The number of hydrogen-bond donors (Lipinski definition) is 9. The van der Waals surface area contributed by atoms with Gasteiger partial charge >= 0.3 is 23.5 Å². The average Bonchev–Trinajstić information content (AvgIpc) is 3.81. The van der Waals surface area contributed by atoms with Crippen LogP contribution in [0.25, 0.3) is 11.2 Å². The zero-order valence-electron chi connectivity index (χ0n) is 38.1. The lowest BCUT2D eigenvalue weighted by Gasteiger charge is -2.30. The Morgan fingerprint density at radius 1 is 0.896 bits per heavy atom. The Bertz CT molecular complexity index is 2040. The number of thioether (sulfide) groups is 1. The van der Waals surface area contributed by atoms with Gasteiger partial charge in [-0.2, -0.15) is 4.31 Å². The molecule has 382 valence electrons. The van der Waals surface area contributed by atoms with Crippen molar-refractivity contribution >= 4 is 69.1 Å². The number of fused-ring (bicyclic) bond motifs is 1. The molecule has 3 heterocycles. The van der Waals surface area contributed by atoms with Gasteiger partial charge in [0, 0.05) is 37.1 Å². The Labute approximate surface area is 394 Å². The van der Waals surface area contributed by atoms with Crippen LogP contribution in [-0.4, -0.2) is 123 Å². The van der Waals surface area contributed by atoms with Gasteiger partial charge < -0.3 is 50.9 Å². The van der Waals surface area contributed by atoms with Crippen LogP contribution in [0.15, 0.2) is 24.8 Å². The highest BCUT2D eigenvalue weighted by Gasteiger charge is 2.50. The molecule has 28 heteroatoms. The first-order valence-corrected chi connectivity index (χ1v) is 27.8. The topological polar surface area (TPSA) is 364 Å². The third kappa shape index (κ3) is 21.9. The van der Waals surface area contributed by atoms with Gasteiger partial charge in [0.25, 0.3) is 0 Å². The second-order valence-corrected chi connectivity index (χ2v) is 22.0. The number of nitrogens with zero attached hydrogens (tertiary/aromatic N) is 4. The van der Waals surface area contributed by atoms with Gasteiger partial charge in [-0.1, -0.05) is 102 Å². The van der Waals surface area contributed by atoms with E-state index >= 15 is 0 Å². The number of aromatic nitrogens is 4. The Morgan fingerprint density at radius 3 is 2.18 bits per heavy atom. The summed E-state index contributed by atoms with van der Waals surface area (Å²) >= 11 is 1.15. The number of phosphoric acid groups is 3. The lowest BCUT2D eigenvalue weighted by Crippen LogP contribution is -2.46. The number of rotatable bonds is 34. The smallest absolute Gasteiger partial charge is 0.386 e. The Balaban J connectivity index is 1.30. The van der Waals surface area contributed by atoms with Crippen molar-refractivity contribution < 1.29 is 80.5 Å². The molecule has 2 aromatic heterocycles. The number of imidazole rings is 1. The summed E-state index contributed by atoms with van der Waals surface area (Å²) in [6.07, 6.45) is 13.4. The van der Waals surface area contributed by atoms with Gasteiger partial charge in [0.1, 0.15) is 36.3 Å². The highest BCUT2D eigenvalue weighted by Crippen LogP contribution is 2.61. The van der Waals surface area contributed by atoms with Crippen molar-refractivity contribution in [1.29, 1.82) is 0 Å². The molecule has 2 amide bonds. The number of nitrogen functional groups attached to an aromatic ring is 1. The maximum Gasteiger partial charge on any atom is 0.481 e. The maximum atomic E-state index is 12.7. The summed E-state index contributed by atoms with van der Waals surface area (Å²) in [5.41, 5.74) is 4.29. The minimum absolute atomic E-state index is 0.0333. The van der Waals surface area contributed by atoms with Crippen molar-refractivity contribution in [2.45, 2.75) is 148 Å². The van der Waals surface area contributed by atoms with E-state index in [2.05, 4.69) is 53.5 Å². The molecule has 0 radical (unpaired) electrons. The summed E-state index contributed by atoms with van der Waals surface area (Å²) in [5.74, 6) is -1.03. The van der Waals surface area contributed by atoms with E-state index in [4.69, 9.17) is 19.5 Å². The summed E-state index contributed by atoms with van der Waals surface area (Å²) in [5, 5.41) is 26.7. The second kappa shape index (κ2) is 28.8. The van der Waals surface area contributed by atoms with Gasteiger partial charge in [-0.15, -0.1) is 0 Å². The number of aliphatic hydroxyl groups excluding tert-OH is 2. The summed E-state index contributed by atoms with van der Waals surface area (Å²) < 4.78 is 62.4. The van der Waals surface area contributed by atoms with E-state index < -0.39 is 84.6 Å². The molecular weight excluding hydrogens is 963 g/mol. The Hall–Kier alpha value is -2.70. The largest absolute Gasteiger partial charge is 0.481 e. The van der Waals surface area contributed by atoms with E-state index in [-0.39, 0.29) is 41.6 Å². The zero-order chi connectivity index (χ0) is 49.7. The monoisotopic (exact) mass is 1030 g/mol. The third-order valence-electron chi connectivity index (χ3n) is 10.4. The molecule has 1 aliphatic rings. The predicted octanol–water partition coefficient (Wildman–Crippen LogP) is 4.70. The van der Waals surface area contributed by atoms with Crippen molar-refractivity contribution in [3.63, 3.8) is 0 Å². The number of phosphoric ester groups is 3. The molecule has 1 saturated heterocycles. The van der Waals surface area contributed by atoms with E-state index in [0.717, 1.165) is 48.2 Å². The molecule has 24 nitrogen and oxygen atoms in total. The van der Waals surface area contributed by atoms with Gasteiger partial charge in [-0.25, -0.2) is 28.6 Å². The van der Waals surface area contributed by atoms with Crippen LogP contribution >= 0.6 is 35.2 Å². The number of nitrogens with one attached hydrogen (secondary N) is 2. The van der Waals surface area contributed by atoms with E-state index in [1.54, 1.807) is 0 Å². The van der Waals surface area contributed by atoms with E-state index in [1.165, 1.54) is 78.1 Å². The molecule has 2 aromatic rings. The van der Waals surface area contributed by atoms with Crippen LogP contribution in [-0.2, 0) is 50.7 Å². The van der Waals surface area contributed by atoms with Gasteiger partial charge in [-0.3, -0.25) is 32.5 Å². The molecule has 7 atom stereocenters. The van der Waals surface area contributed by atoms with Crippen molar-refractivity contribution in [1.82, 2.24) is 30.2 Å². The summed E-state index contributed by atoms with van der Waals surface area (Å²) in [7, 11) is -16.4. The molecule has 2 unspecified atom stereocenters. The number of anilines is 1. The molecule has 1 fully saturated rings. The second-order valence-electron chi connectivity index (χ2n) is 16.6. The molecular formula is C39H68N7O17P3S. The predicted molar refractivity (Wildman–Crippen MR) is 247 cm³/mol. The highest BCUT2D eigenvalue weighted by molar-refractivity contribution is 8.13. The number of nitrogens with two attached hydrogens (primary N) is 1. The molecule has 0 aromatic carbocycles. The van der Waals surface area contributed by atoms with Gasteiger partial charge in [0.05, 0.1) is 19.5 Å². The molecule has 0 bridgehead atoms. The molecule has 0 saturated carbocycles. The van der Waals surface area contributed by atoms with E-state index in [1.807, 2.05) is 0 Å². The van der Waals surface area contributed by atoms with E-state index in [9.17, 15) is 57.9 Å². The minimum Gasteiger partial charge on any atom is -0.386 e. The van der Waals surface area contributed by atoms with Gasteiger partial charge in [0.15, 0.2) is 22.8 Å². The fourth-order valence-electron chi connectivity index (χ4n) is 6.69. The van der Waals surface area contributed by atoms with Crippen LogP contribution in [0.1, 0.15) is 123 Å². The van der Waals surface area contributed by atoms with Crippen LogP contribution < -0.4 is 16.4 Å². The first-order chi connectivity index (χ1) is 31.6. The third-order valence-corrected chi connectivity index (χ3v) is 14.4.